The molecule has 1 atom stereocenters. The second-order valence-electron chi connectivity index (χ2n) is 4.34. The highest BCUT2D eigenvalue weighted by molar-refractivity contribution is 7.98. The van der Waals surface area contributed by atoms with Crippen molar-refractivity contribution in [3.8, 4) is 5.75 Å². The molecule has 0 fully saturated rings. The van der Waals surface area contributed by atoms with Crippen molar-refractivity contribution in [1.82, 2.24) is 0 Å². The summed E-state index contributed by atoms with van der Waals surface area (Å²) in [6.07, 6.45) is 4.22. The molecule has 0 saturated heterocycles. The summed E-state index contributed by atoms with van der Waals surface area (Å²) in [6.45, 7) is 5.01. The third kappa shape index (κ3) is 5.08. The first-order chi connectivity index (χ1) is 8.69. The molecule has 0 amide bonds. The lowest BCUT2D eigenvalue weighted by molar-refractivity contribution is 0.318. The van der Waals surface area contributed by atoms with E-state index < -0.39 is 0 Å². The standard InChI is InChI=1S/C14H24N2OS/c1-4-6-17-14-8-11(15)7-13(9-14)16-12(5-2)10-18-3/h7-9,12,16H,4-6,10,15H2,1-3H3. The fourth-order valence-electron chi connectivity index (χ4n) is 1.71. The lowest BCUT2D eigenvalue weighted by Gasteiger charge is -2.18. The zero-order valence-corrected chi connectivity index (χ0v) is 12.3. The van der Waals surface area contributed by atoms with Gasteiger partial charge in [0.25, 0.3) is 0 Å². The van der Waals surface area contributed by atoms with E-state index in [-0.39, 0.29) is 0 Å². The van der Waals surface area contributed by atoms with Gasteiger partial charge >= 0.3 is 0 Å². The molecule has 0 radical (unpaired) electrons. The van der Waals surface area contributed by atoms with Gasteiger partial charge in [0, 0.05) is 35.3 Å². The fraction of sp³-hybridized carbons (Fsp3) is 0.571. The van der Waals surface area contributed by atoms with Crippen LogP contribution >= 0.6 is 11.8 Å². The van der Waals surface area contributed by atoms with Crippen LogP contribution in [0.3, 0.4) is 0 Å². The van der Waals surface area contributed by atoms with Gasteiger partial charge in [-0.2, -0.15) is 11.8 Å². The Morgan fingerprint density at radius 2 is 2.11 bits per heavy atom. The summed E-state index contributed by atoms with van der Waals surface area (Å²) in [5.74, 6) is 1.94. The Morgan fingerprint density at radius 1 is 1.33 bits per heavy atom. The van der Waals surface area contributed by atoms with Crippen LogP contribution in [-0.2, 0) is 0 Å². The number of nitrogen functional groups attached to an aromatic ring is 1. The first-order valence-corrected chi connectivity index (χ1v) is 7.87. The number of ether oxygens (including phenoxy) is 1. The number of hydrogen-bond acceptors (Lipinski definition) is 4. The van der Waals surface area contributed by atoms with Crippen molar-refractivity contribution in [2.24, 2.45) is 0 Å². The molecule has 0 spiro atoms. The summed E-state index contributed by atoms with van der Waals surface area (Å²) in [5, 5.41) is 3.51. The van der Waals surface area contributed by atoms with Crippen LogP contribution in [0.1, 0.15) is 26.7 Å². The molecule has 102 valence electrons. The maximum atomic E-state index is 5.90. The van der Waals surface area contributed by atoms with E-state index in [0.29, 0.717) is 6.04 Å². The maximum absolute atomic E-state index is 5.90. The number of thioether (sulfide) groups is 1. The highest BCUT2D eigenvalue weighted by Gasteiger charge is 2.07. The third-order valence-corrected chi connectivity index (χ3v) is 3.37. The van der Waals surface area contributed by atoms with E-state index >= 15 is 0 Å². The van der Waals surface area contributed by atoms with Crippen LogP contribution in [0, 0.1) is 0 Å². The summed E-state index contributed by atoms with van der Waals surface area (Å²) in [7, 11) is 0. The first kappa shape index (κ1) is 15.0. The van der Waals surface area contributed by atoms with Crippen LogP contribution in [0.4, 0.5) is 11.4 Å². The SMILES string of the molecule is CCCOc1cc(N)cc(NC(CC)CSC)c1. The maximum Gasteiger partial charge on any atom is 0.123 e. The van der Waals surface area contributed by atoms with Crippen molar-refractivity contribution in [2.75, 3.05) is 29.7 Å². The van der Waals surface area contributed by atoms with Gasteiger partial charge in [-0.25, -0.2) is 0 Å². The molecule has 0 aliphatic rings. The van der Waals surface area contributed by atoms with Crippen LogP contribution in [0.2, 0.25) is 0 Å². The Morgan fingerprint density at radius 3 is 2.72 bits per heavy atom. The summed E-state index contributed by atoms with van der Waals surface area (Å²) < 4.78 is 5.63. The predicted molar refractivity (Wildman–Crippen MR) is 82.7 cm³/mol. The molecule has 4 heteroatoms. The van der Waals surface area contributed by atoms with Gasteiger partial charge < -0.3 is 15.8 Å². The first-order valence-electron chi connectivity index (χ1n) is 6.48. The van der Waals surface area contributed by atoms with Gasteiger partial charge in [0.05, 0.1) is 6.61 Å². The van der Waals surface area contributed by atoms with Gasteiger partial charge in [-0.3, -0.25) is 0 Å². The van der Waals surface area contributed by atoms with Gasteiger partial charge in [-0.15, -0.1) is 0 Å². The van der Waals surface area contributed by atoms with E-state index in [2.05, 4.69) is 25.4 Å². The van der Waals surface area contributed by atoms with Crippen molar-refractivity contribution in [3.05, 3.63) is 18.2 Å². The van der Waals surface area contributed by atoms with Crippen molar-refractivity contribution in [1.29, 1.82) is 0 Å². The summed E-state index contributed by atoms with van der Waals surface area (Å²) in [6, 6.07) is 6.33. The molecule has 0 heterocycles. The molecule has 3 N–H and O–H groups in total. The van der Waals surface area contributed by atoms with E-state index in [4.69, 9.17) is 10.5 Å². The third-order valence-electron chi connectivity index (χ3n) is 2.63. The Balaban J connectivity index is 2.71. The molecule has 0 bridgehead atoms. The zero-order valence-electron chi connectivity index (χ0n) is 11.5. The Kier molecular flexibility index (Phi) is 6.80. The number of nitrogens with one attached hydrogen (secondary N) is 1. The highest BCUT2D eigenvalue weighted by atomic mass is 32.2. The van der Waals surface area contributed by atoms with Gasteiger partial charge in [0.15, 0.2) is 0 Å². The number of hydrogen-bond donors (Lipinski definition) is 2. The smallest absolute Gasteiger partial charge is 0.123 e. The second kappa shape index (κ2) is 8.14. The van der Waals surface area contributed by atoms with E-state index in [1.807, 2.05) is 30.0 Å². The van der Waals surface area contributed by atoms with E-state index in [9.17, 15) is 0 Å². The Bertz CT molecular complexity index is 358. The normalized spacial score (nSPS) is 12.2. The minimum Gasteiger partial charge on any atom is -0.493 e. The molecule has 1 aromatic carbocycles. The highest BCUT2D eigenvalue weighted by Crippen LogP contribution is 2.24. The molecule has 0 aromatic heterocycles. The minimum atomic E-state index is 0.473. The van der Waals surface area contributed by atoms with Crippen LogP contribution in [0.25, 0.3) is 0 Å². The topological polar surface area (TPSA) is 47.3 Å². The summed E-state index contributed by atoms with van der Waals surface area (Å²) in [5.41, 5.74) is 7.68. The quantitative estimate of drug-likeness (QED) is 0.707. The van der Waals surface area contributed by atoms with Crippen molar-refractivity contribution >= 4 is 23.1 Å². The largest absolute Gasteiger partial charge is 0.493 e. The molecule has 1 aromatic rings. The van der Waals surface area contributed by atoms with Crippen molar-refractivity contribution in [3.63, 3.8) is 0 Å². The molecule has 3 nitrogen and oxygen atoms in total. The molecule has 1 rings (SSSR count). The monoisotopic (exact) mass is 268 g/mol. The zero-order chi connectivity index (χ0) is 13.4. The number of anilines is 2. The number of rotatable bonds is 8. The van der Waals surface area contributed by atoms with Gasteiger partial charge in [-0.05, 0) is 25.2 Å². The Labute approximate surface area is 114 Å². The van der Waals surface area contributed by atoms with Crippen LogP contribution in [-0.4, -0.2) is 24.7 Å². The van der Waals surface area contributed by atoms with E-state index in [1.165, 1.54) is 0 Å². The van der Waals surface area contributed by atoms with Gasteiger partial charge in [0.1, 0.15) is 5.75 Å². The second-order valence-corrected chi connectivity index (χ2v) is 5.25. The fourth-order valence-corrected chi connectivity index (χ4v) is 2.43. The lowest BCUT2D eigenvalue weighted by Crippen LogP contribution is -2.21. The molecule has 0 aliphatic carbocycles. The molecule has 0 aliphatic heterocycles. The van der Waals surface area contributed by atoms with Gasteiger partial charge in [0.2, 0.25) is 0 Å². The lowest BCUT2D eigenvalue weighted by atomic mass is 10.2. The van der Waals surface area contributed by atoms with Crippen molar-refractivity contribution < 1.29 is 4.74 Å². The average Bonchev–Trinajstić information content (AvgIpc) is 2.35. The number of nitrogens with two attached hydrogens (primary N) is 1. The van der Waals surface area contributed by atoms with Crippen LogP contribution < -0.4 is 15.8 Å². The molecule has 0 saturated carbocycles. The Hall–Kier alpha value is -1.03. The summed E-state index contributed by atoms with van der Waals surface area (Å²) in [4.78, 5) is 0. The van der Waals surface area contributed by atoms with Gasteiger partial charge in [-0.1, -0.05) is 13.8 Å². The minimum absolute atomic E-state index is 0.473. The van der Waals surface area contributed by atoms with E-state index in [0.717, 1.165) is 42.3 Å². The van der Waals surface area contributed by atoms with Crippen LogP contribution in [0.15, 0.2) is 18.2 Å². The number of benzene rings is 1. The predicted octanol–water partition coefficient (Wildman–Crippen LogP) is 3.61. The van der Waals surface area contributed by atoms with Crippen LogP contribution in [0.5, 0.6) is 5.75 Å². The molecular formula is C14H24N2OS. The average molecular weight is 268 g/mol. The molecule has 18 heavy (non-hydrogen) atoms. The summed E-state index contributed by atoms with van der Waals surface area (Å²) >= 11 is 1.85. The van der Waals surface area contributed by atoms with E-state index in [1.54, 1.807) is 0 Å². The molecule has 1 unspecified atom stereocenters. The van der Waals surface area contributed by atoms with Crippen molar-refractivity contribution in [2.45, 2.75) is 32.7 Å². The molecular weight excluding hydrogens is 244 g/mol.